The predicted molar refractivity (Wildman–Crippen MR) is 143 cm³/mol. The van der Waals surface area contributed by atoms with Crippen LogP contribution in [0.4, 0.5) is 24.8 Å². The average Bonchev–Trinajstić information content (AvgIpc) is 2.92. The summed E-state index contributed by atoms with van der Waals surface area (Å²) in [4.78, 5) is 25.8. The second kappa shape index (κ2) is 10.1. The van der Waals surface area contributed by atoms with Gasteiger partial charge in [-0.05, 0) is 72.1 Å². The number of ether oxygens (including phenoxy) is 1. The third kappa shape index (κ3) is 5.08. The van der Waals surface area contributed by atoms with E-state index in [1.54, 1.807) is 43.9 Å². The molecular formula is C29H22F3N5O2. The van der Waals surface area contributed by atoms with Gasteiger partial charge in [0.15, 0.2) is 0 Å². The van der Waals surface area contributed by atoms with Crippen molar-refractivity contribution in [2.75, 3.05) is 18.2 Å². The van der Waals surface area contributed by atoms with Gasteiger partial charge in [-0.1, -0.05) is 12.1 Å². The number of aryl methyl sites for hydroxylation is 1. The van der Waals surface area contributed by atoms with Crippen molar-refractivity contribution in [2.45, 2.75) is 13.1 Å². The van der Waals surface area contributed by atoms with Crippen LogP contribution < -0.4 is 15.8 Å². The first-order valence-corrected chi connectivity index (χ1v) is 11.8. The highest BCUT2D eigenvalue weighted by Crippen LogP contribution is 2.44. The number of pyridine rings is 1. The Bertz CT molecular complexity index is 1710. The van der Waals surface area contributed by atoms with E-state index in [-0.39, 0.29) is 17.2 Å². The van der Waals surface area contributed by atoms with Gasteiger partial charge >= 0.3 is 6.18 Å². The van der Waals surface area contributed by atoms with E-state index in [9.17, 15) is 18.0 Å². The van der Waals surface area contributed by atoms with Gasteiger partial charge in [0.25, 0.3) is 5.91 Å². The maximum Gasteiger partial charge on any atom is 0.416 e. The molecule has 10 heteroatoms. The largest absolute Gasteiger partial charge is 0.495 e. The molecule has 0 atom stereocenters. The molecule has 0 aliphatic rings. The number of amides is 1. The SMILES string of the molecule is COc1c(-c2cc(C(=O)Nc3cccc(C(F)(F)F)c3)ccc2C)cc2cnc(N)nc2c1-c1ccncc1. The molecule has 0 fully saturated rings. The van der Waals surface area contributed by atoms with E-state index in [0.29, 0.717) is 33.3 Å². The van der Waals surface area contributed by atoms with Crippen molar-refractivity contribution < 1.29 is 22.7 Å². The fourth-order valence-electron chi connectivity index (χ4n) is 4.40. The summed E-state index contributed by atoms with van der Waals surface area (Å²) in [5, 5.41) is 3.26. The Morgan fingerprint density at radius 3 is 2.49 bits per heavy atom. The number of nitrogen functional groups attached to an aromatic ring is 1. The third-order valence-corrected chi connectivity index (χ3v) is 6.25. The summed E-state index contributed by atoms with van der Waals surface area (Å²) < 4.78 is 45.3. The van der Waals surface area contributed by atoms with E-state index in [0.717, 1.165) is 23.3 Å². The molecule has 0 spiro atoms. The molecule has 1 amide bonds. The molecular weight excluding hydrogens is 507 g/mol. The lowest BCUT2D eigenvalue weighted by Crippen LogP contribution is -2.13. The van der Waals surface area contributed by atoms with E-state index < -0.39 is 17.6 Å². The summed E-state index contributed by atoms with van der Waals surface area (Å²) in [6, 6.07) is 15.1. The van der Waals surface area contributed by atoms with Crippen molar-refractivity contribution in [3.63, 3.8) is 0 Å². The minimum atomic E-state index is -4.52. The van der Waals surface area contributed by atoms with Gasteiger partial charge in [0.05, 0.1) is 23.8 Å². The molecule has 0 saturated carbocycles. The number of nitrogens with zero attached hydrogens (tertiary/aromatic N) is 3. The minimum absolute atomic E-state index is 0.0370. The molecule has 0 bridgehead atoms. The quantitative estimate of drug-likeness (QED) is 0.268. The van der Waals surface area contributed by atoms with Gasteiger partial charge in [-0.3, -0.25) is 9.78 Å². The number of hydrogen-bond donors (Lipinski definition) is 2. The van der Waals surface area contributed by atoms with Crippen LogP contribution in [0.15, 0.2) is 79.3 Å². The van der Waals surface area contributed by atoms with E-state index in [1.807, 2.05) is 25.1 Å². The Kier molecular flexibility index (Phi) is 6.61. The number of aromatic nitrogens is 3. The molecule has 0 aliphatic carbocycles. The van der Waals surface area contributed by atoms with Crippen molar-refractivity contribution in [3.05, 3.63) is 95.9 Å². The summed E-state index contributed by atoms with van der Waals surface area (Å²) in [6.45, 7) is 1.89. The lowest BCUT2D eigenvalue weighted by atomic mass is 9.91. The zero-order valence-corrected chi connectivity index (χ0v) is 20.9. The molecule has 5 aromatic rings. The number of nitrogens with one attached hydrogen (secondary N) is 1. The number of carbonyl (C=O) groups excluding carboxylic acids is 1. The van der Waals surface area contributed by atoms with Gasteiger partial charge in [0.1, 0.15) is 5.75 Å². The van der Waals surface area contributed by atoms with Crippen LogP contribution in [0.1, 0.15) is 21.5 Å². The molecule has 3 aromatic carbocycles. The summed E-state index contributed by atoms with van der Waals surface area (Å²) in [5.41, 5.74) is 9.63. The molecule has 5 rings (SSSR count). The summed E-state index contributed by atoms with van der Waals surface area (Å²) in [6.07, 6.45) is 0.403. The first kappa shape index (κ1) is 25.7. The predicted octanol–water partition coefficient (Wildman–Crippen LogP) is 6.53. The third-order valence-electron chi connectivity index (χ3n) is 6.25. The van der Waals surface area contributed by atoms with Crippen LogP contribution in [-0.4, -0.2) is 28.0 Å². The highest BCUT2D eigenvalue weighted by Gasteiger charge is 2.30. The summed E-state index contributed by atoms with van der Waals surface area (Å²) in [5.74, 6) is 0.0585. The average molecular weight is 530 g/mol. The van der Waals surface area contributed by atoms with Crippen molar-refractivity contribution >= 4 is 28.4 Å². The highest BCUT2D eigenvalue weighted by atomic mass is 19.4. The Hall–Kier alpha value is -4.99. The van der Waals surface area contributed by atoms with Gasteiger partial charge in [-0.25, -0.2) is 9.97 Å². The summed E-state index contributed by atoms with van der Waals surface area (Å²) >= 11 is 0. The lowest BCUT2D eigenvalue weighted by molar-refractivity contribution is -0.137. The van der Waals surface area contributed by atoms with Crippen molar-refractivity contribution in [1.29, 1.82) is 0 Å². The number of fused-ring (bicyclic) bond motifs is 1. The number of rotatable bonds is 5. The number of anilines is 2. The first-order chi connectivity index (χ1) is 18.7. The van der Waals surface area contributed by atoms with Crippen LogP contribution in [0.25, 0.3) is 33.2 Å². The topological polar surface area (TPSA) is 103 Å². The first-order valence-electron chi connectivity index (χ1n) is 11.8. The van der Waals surface area contributed by atoms with Gasteiger partial charge < -0.3 is 15.8 Å². The Morgan fingerprint density at radius 1 is 1.00 bits per heavy atom. The number of benzene rings is 3. The van der Waals surface area contributed by atoms with Crippen LogP contribution in [0, 0.1) is 6.92 Å². The molecule has 0 radical (unpaired) electrons. The van der Waals surface area contributed by atoms with Crippen LogP contribution in [0.5, 0.6) is 5.75 Å². The van der Waals surface area contributed by atoms with Gasteiger partial charge in [-0.15, -0.1) is 0 Å². The van der Waals surface area contributed by atoms with Gasteiger partial charge in [0.2, 0.25) is 5.95 Å². The Morgan fingerprint density at radius 2 is 1.77 bits per heavy atom. The second-order valence-corrected chi connectivity index (χ2v) is 8.80. The second-order valence-electron chi connectivity index (χ2n) is 8.80. The normalized spacial score (nSPS) is 11.4. The number of nitrogens with two attached hydrogens (primary N) is 1. The number of halogens is 3. The molecule has 39 heavy (non-hydrogen) atoms. The smallest absolute Gasteiger partial charge is 0.416 e. The van der Waals surface area contributed by atoms with Crippen LogP contribution in [0.3, 0.4) is 0 Å². The molecule has 2 heterocycles. The fourth-order valence-corrected chi connectivity index (χ4v) is 4.40. The fraction of sp³-hybridized carbons (Fsp3) is 0.103. The Balaban J connectivity index is 1.63. The van der Waals surface area contributed by atoms with Crippen molar-refractivity contribution in [2.24, 2.45) is 0 Å². The number of methoxy groups -OCH3 is 1. The molecule has 2 aromatic heterocycles. The standard InChI is InChI=1S/C29H22F3N5O2/c1-16-6-7-18(27(38)36-21-5-3-4-20(14-21)29(30,31)32)12-22(16)23-13-19-15-35-28(33)37-25(19)24(26(23)39-2)17-8-10-34-11-9-17/h3-15H,1-2H3,(H,36,38)(H2,33,35,37). The zero-order valence-electron chi connectivity index (χ0n) is 20.9. The molecule has 0 unspecified atom stereocenters. The van der Waals surface area contributed by atoms with Crippen LogP contribution in [-0.2, 0) is 6.18 Å². The number of hydrogen-bond acceptors (Lipinski definition) is 6. The monoisotopic (exact) mass is 529 g/mol. The molecule has 196 valence electrons. The molecule has 0 saturated heterocycles. The number of carbonyl (C=O) groups is 1. The zero-order chi connectivity index (χ0) is 27.7. The van der Waals surface area contributed by atoms with E-state index >= 15 is 0 Å². The molecule has 7 nitrogen and oxygen atoms in total. The Labute approximate surface area is 221 Å². The molecule has 3 N–H and O–H groups in total. The van der Waals surface area contributed by atoms with E-state index in [4.69, 9.17) is 10.5 Å². The van der Waals surface area contributed by atoms with Crippen molar-refractivity contribution in [3.8, 4) is 28.0 Å². The lowest BCUT2D eigenvalue weighted by Gasteiger charge is -2.18. The van der Waals surface area contributed by atoms with Crippen LogP contribution >= 0.6 is 0 Å². The van der Waals surface area contributed by atoms with E-state index in [1.165, 1.54) is 12.1 Å². The van der Waals surface area contributed by atoms with Gasteiger partial charge in [-0.2, -0.15) is 13.2 Å². The maximum atomic E-state index is 13.1. The molecule has 0 aliphatic heterocycles. The highest BCUT2D eigenvalue weighted by molar-refractivity contribution is 6.06. The van der Waals surface area contributed by atoms with Crippen LogP contribution in [0.2, 0.25) is 0 Å². The summed E-state index contributed by atoms with van der Waals surface area (Å²) in [7, 11) is 1.54. The number of alkyl halides is 3. The minimum Gasteiger partial charge on any atom is -0.495 e. The van der Waals surface area contributed by atoms with E-state index in [2.05, 4.69) is 20.3 Å². The maximum absolute atomic E-state index is 13.1. The van der Waals surface area contributed by atoms with Crippen molar-refractivity contribution in [1.82, 2.24) is 15.0 Å². The van der Waals surface area contributed by atoms with Gasteiger partial charge in [0, 0.05) is 40.8 Å².